The van der Waals surface area contributed by atoms with Crippen molar-refractivity contribution in [2.45, 2.75) is 6.04 Å². The lowest BCUT2D eigenvalue weighted by molar-refractivity contribution is 0.0943. The van der Waals surface area contributed by atoms with E-state index in [2.05, 4.69) is 20.6 Å². The minimum Gasteiger partial charge on any atom is -0.372 e. The summed E-state index contributed by atoms with van der Waals surface area (Å²) < 4.78 is 0. The summed E-state index contributed by atoms with van der Waals surface area (Å²) in [6.45, 7) is 0. The number of hydrogen-bond acceptors (Lipinski definition) is 4. The van der Waals surface area contributed by atoms with E-state index in [1.165, 1.54) is 0 Å². The van der Waals surface area contributed by atoms with Crippen LogP contribution in [0.1, 0.15) is 27.5 Å². The second-order valence-corrected chi connectivity index (χ2v) is 5.25. The predicted octanol–water partition coefficient (Wildman–Crippen LogP) is 3.04. The number of hydrogen-bond donors (Lipinski definition) is 2. The Bertz CT molecular complexity index is 766. The lowest BCUT2D eigenvalue weighted by Crippen LogP contribution is -2.30. The first-order chi connectivity index (χ1) is 11.8. The van der Waals surface area contributed by atoms with Gasteiger partial charge in [-0.05, 0) is 35.4 Å². The van der Waals surface area contributed by atoms with Crippen molar-refractivity contribution in [3.63, 3.8) is 0 Å². The molecule has 120 valence electrons. The normalized spacial score (nSPS) is 11.5. The molecule has 1 atom stereocenters. The Balaban J connectivity index is 1.94. The van der Waals surface area contributed by atoms with Gasteiger partial charge in [0.2, 0.25) is 0 Å². The van der Waals surface area contributed by atoms with Gasteiger partial charge in [0, 0.05) is 25.6 Å². The number of aromatic nitrogens is 2. The maximum Gasteiger partial charge on any atom is 0.255 e. The highest BCUT2D eigenvalue weighted by molar-refractivity contribution is 5.99. The molecule has 0 saturated heterocycles. The van der Waals surface area contributed by atoms with Crippen LogP contribution in [0.2, 0.25) is 0 Å². The van der Waals surface area contributed by atoms with E-state index in [-0.39, 0.29) is 11.9 Å². The van der Waals surface area contributed by atoms with Crippen molar-refractivity contribution >= 4 is 11.7 Å². The van der Waals surface area contributed by atoms with Gasteiger partial charge in [0.05, 0.1) is 11.6 Å². The van der Waals surface area contributed by atoms with E-state index in [1.54, 1.807) is 37.8 Å². The second-order valence-electron chi connectivity index (χ2n) is 5.25. The van der Waals surface area contributed by atoms with Crippen molar-refractivity contribution in [1.82, 2.24) is 15.3 Å². The van der Waals surface area contributed by atoms with Crippen LogP contribution in [0, 0.1) is 0 Å². The molecular weight excluding hydrogens is 300 g/mol. The summed E-state index contributed by atoms with van der Waals surface area (Å²) in [5, 5.41) is 6.04. The number of nitrogens with zero attached hydrogens (tertiary/aromatic N) is 2. The molecule has 0 aliphatic carbocycles. The number of rotatable bonds is 5. The molecular formula is C19H18N4O. The van der Waals surface area contributed by atoms with Crippen LogP contribution < -0.4 is 10.6 Å². The number of pyridine rings is 2. The summed E-state index contributed by atoms with van der Waals surface area (Å²) in [6, 6.07) is 16.9. The molecule has 0 radical (unpaired) electrons. The van der Waals surface area contributed by atoms with Gasteiger partial charge in [-0.25, -0.2) is 4.98 Å². The van der Waals surface area contributed by atoms with Crippen molar-refractivity contribution < 1.29 is 4.79 Å². The Kier molecular flexibility index (Phi) is 4.81. The lowest BCUT2D eigenvalue weighted by atomic mass is 9.99. The molecule has 0 aliphatic rings. The molecule has 3 aromatic rings. The highest BCUT2D eigenvalue weighted by atomic mass is 16.1. The summed E-state index contributed by atoms with van der Waals surface area (Å²) in [6.07, 6.45) is 5.10. The largest absolute Gasteiger partial charge is 0.372 e. The smallest absolute Gasteiger partial charge is 0.255 e. The average Bonchev–Trinajstić information content (AvgIpc) is 2.67. The third kappa shape index (κ3) is 3.41. The zero-order chi connectivity index (χ0) is 16.8. The van der Waals surface area contributed by atoms with Gasteiger partial charge >= 0.3 is 0 Å². The van der Waals surface area contributed by atoms with Crippen LogP contribution in [0.5, 0.6) is 0 Å². The van der Waals surface area contributed by atoms with Gasteiger partial charge in [0.15, 0.2) is 0 Å². The molecule has 0 aliphatic heterocycles. The first-order valence-electron chi connectivity index (χ1n) is 7.68. The summed E-state index contributed by atoms with van der Waals surface area (Å²) >= 11 is 0. The lowest BCUT2D eigenvalue weighted by Gasteiger charge is -2.20. The predicted molar refractivity (Wildman–Crippen MR) is 93.8 cm³/mol. The molecule has 1 amide bonds. The molecule has 3 rings (SSSR count). The Morgan fingerprint density at radius 3 is 2.33 bits per heavy atom. The Morgan fingerprint density at radius 1 is 0.917 bits per heavy atom. The van der Waals surface area contributed by atoms with E-state index in [0.717, 1.165) is 11.1 Å². The fourth-order valence-electron chi connectivity index (χ4n) is 2.56. The van der Waals surface area contributed by atoms with Crippen LogP contribution in [0.3, 0.4) is 0 Å². The van der Waals surface area contributed by atoms with Gasteiger partial charge in [-0.15, -0.1) is 0 Å². The third-order valence-corrected chi connectivity index (χ3v) is 3.74. The molecule has 5 heteroatoms. The van der Waals surface area contributed by atoms with Crippen LogP contribution >= 0.6 is 0 Å². The van der Waals surface area contributed by atoms with Crippen LogP contribution in [0.15, 0.2) is 73.2 Å². The number of amides is 1. The quantitative estimate of drug-likeness (QED) is 0.759. The number of benzene rings is 1. The average molecular weight is 318 g/mol. The van der Waals surface area contributed by atoms with Gasteiger partial charge in [-0.2, -0.15) is 0 Å². The van der Waals surface area contributed by atoms with Gasteiger partial charge in [0.25, 0.3) is 5.91 Å². The maximum atomic E-state index is 12.8. The first kappa shape index (κ1) is 15.7. The minimum atomic E-state index is -0.258. The summed E-state index contributed by atoms with van der Waals surface area (Å²) in [4.78, 5) is 21.0. The van der Waals surface area contributed by atoms with Crippen molar-refractivity contribution in [2.75, 3.05) is 12.4 Å². The van der Waals surface area contributed by atoms with Crippen molar-refractivity contribution in [3.8, 4) is 0 Å². The first-order valence-corrected chi connectivity index (χ1v) is 7.68. The summed E-state index contributed by atoms with van der Waals surface area (Å²) in [5.41, 5.74) is 2.49. The Morgan fingerprint density at radius 2 is 1.62 bits per heavy atom. The third-order valence-electron chi connectivity index (χ3n) is 3.74. The van der Waals surface area contributed by atoms with E-state index in [9.17, 15) is 4.79 Å². The monoisotopic (exact) mass is 318 g/mol. The van der Waals surface area contributed by atoms with Crippen LogP contribution in [0.4, 0.5) is 5.82 Å². The summed E-state index contributed by atoms with van der Waals surface area (Å²) in [5.74, 6) is 0.370. The van der Waals surface area contributed by atoms with Crippen molar-refractivity contribution in [2.24, 2.45) is 0 Å². The standard InChI is InChI=1S/C19H18N4O/c1-20-18-16(8-5-11-22-18)19(24)23-17(14-6-3-2-4-7-14)15-9-12-21-13-10-15/h2-13,17H,1H3,(H,20,22)(H,23,24). The molecule has 2 N–H and O–H groups in total. The van der Waals surface area contributed by atoms with Crippen molar-refractivity contribution in [1.29, 1.82) is 0 Å². The number of nitrogens with one attached hydrogen (secondary N) is 2. The summed E-state index contributed by atoms with van der Waals surface area (Å²) in [7, 11) is 1.75. The van der Waals surface area contributed by atoms with Gasteiger partial charge in [-0.1, -0.05) is 30.3 Å². The molecule has 2 aromatic heterocycles. The fourth-order valence-corrected chi connectivity index (χ4v) is 2.56. The highest BCUT2D eigenvalue weighted by Gasteiger charge is 2.19. The zero-order valence-corrected chi connectivity index (χ0v) is 13.3. The van der Waals surface area contributed by atoms with E-state index in [1.807, 2.05) is 42.5 Å². The number of anilines is 1. The maximum absolute atomic E-state index is 12.8. The van der Waals surface area contributed by atoms with E-state index in [0.29, 0.717) is 11.4 Å². The van der Waals surface area contributed by atoms with Crippen LogP contribution in [-0.2, 0) is 0 Å². The highest BCUT2D eigenvalue weighted by Crippen LogP contribution is 2.22. The molecule has 24 heavy (non-hydrogen) atoms. The molecule has 0 spiro atoms. The number of carbonyl (C=O) groups is 1. The van der Waals surface area contributed by atoms with Gasteiger partial charge < -0.3 is 10.6 Å². The molecule has 5 nitrogen and oxygen atoms in total. The molecule has 2 heterocycles. The van der Waals surface area contributed by atoms with Crippen LogP contribution in [0.25, 0.3) is 0 Å². The second kappa shape index (κ2) is 7.37. The number of carbonyl (C=O) groups excluding carboxylic acids is 1. The van der Waals surface area contributed by atoms with Crippen LogP contribution in [-0.4, -0.2) is 22.9 Å². The van der Waals surface area contributed by atoms with E-state index < -0.39 is 0 Å². The minimum absolute atomic E-state index is 0.182. The zero-order valence-electron chi connectivity index (χ0n) is 13.3. The topological polar surface area (TPSA) is 66.9 Å². The SMILES string of the molecule is CNc1ncccc1C(=O)NC(c1ccccc1)c1ccncc1. The molecule has 0 fully saturated rings. The molecule has 0 bridgehead atoms. The van der Waals surface area contributed by atoms with Crippen molar-refractivity contribution in [3.05, 3.63) is 89.9 Å². The van der Waals surface area contributed by atoms with E-state index in [4.69, 9.17) is 0 Å². The Labute approximate surface area is 140 Å². The fraction of sp³-hybridized carbons (Fsp3) is 0.105. The molecule has 1 unspecified atom stereocenters. The van der Waals surface area contributed by atoms with Gasteiger partial charge in [-0.3, -0.25) is 9.78 Å². The molecule has 0 saturated carbocycles. The van der Waals surface area contributed by atoms with E-state index >= 15 is 0 Å². The Hall–Kier alpha value is -3.21. The molecule has 1 aromatic carbocycles. The van der Waals surface area contributed by atoms with Gasteiger partial charge in [0.1, 0.15) is 5.82 Å².